The van der Waals surface area contributed by atoms with Crippen LogP contribution in [0.1, 0.15) is 12.5 Å². The first-order chi connectivity index (χ1) is 8.20. The normalized spacial score (nSPS) is 14.9. The summed E-state index contributed by atoms with van der Waals surface area (Å²) >= 11 is 6.16. The van der Waals surface area contributed by atoms with E-state index in [4.69, 9.17) is 21.1 Å². The SMILES string of the molecule is CNCC(C)=Cc1cc(Cl)c2c(c1)OCCO2. The lowest BCUT2D eigenvalue weighted by atomic mass is 10.1. The minimum atomic E-state index is 0.556. The molecule has 0 saturated heterocycles. The van der Waals surface area contributed by atoms with Crippen molar-refractivity contribution in [2.24, 2.45) is 0 Å². The zero-order valence-electron chi connectivity index (χ0n) is 10.0. The molecule has 0 radical (unpaired) electrons. The van der Waals surface area contributed by atoms with Gasteiger partial charge < -0.3 is 14.8 Å². The Kier molecular flexibility index (Phi) is 3.92. The van der Waals surface area contributed by atoms with Crippen LogP contribution in [0, 0.1) is 0 Å². The van der Waals surface area contributed by atoms with E-state index in [0.717, 1.165) is 17.9 Å². The Hall–Kier alpha value is -1.19. The second-order valence-electron chi connectivity index (χ2n) is 4.05. The van der Waals surface area contributed by atoms with Crippen LogP contribution in [0.25, 0.3) is 6.08 Å². The van der Waals surface area contributed by atoms with E-state index in [0.29, 0.717) is 24.0 Å². The largest absolute Gasteiger partial charge is 0.486 e. The molecular formula is C13H16ClNO2. The molecule has 1 aromatic rings. The predicted octanol–water partition coefficient (Wildman–Crippen LogP) is 2.73. The van der Waals surface area contributed by atoms with Crippen molar-refractivity contribution in [1.29, 1.82) is 0 Å². The highest BCUT2D eigenvalue weighted by atomic mass is 35.5. The van der Waals surface area contributed by atoms with Gasteiger partial charge in [0.05, 0.1) is 5.02 Å². The molecule has 17 heavy (non-hydrogen) atoms. The Labute approximate surface area is 106 Å². The third-order valence-electron chi connectivity index (χ3n) is 2.49. The summed E-state index contributed by atoms with van der Waals surface area (Å²) in [5, 5.41) is 3.71. The van der Waals surface area contributed by atoms with Crippen LogP contribution < -0.4 is 14.8 Å². The van der Waals surface area contributed by atoms with Crippen LogP contribution in [0.4, 0.5) is 0 Å². The fraction of sp³-hybridized carbons (Fsp3) is 0.385. The number of halogens is 1. The van der Waals surface area contributed by atoms with Crippen LogP contribution in [0.15, 0.2) is 17.7 Å². The number of hydrogen-bond donors (Lipinski definition) is 1. The molecule has 0 aliphatic carbocycles. The number of nitrogens with one attached hydrogen (secondary N) is 1. The summed E-state index contributed by atoms with van der Waals surface area (Å²) in [6, 6.07) is 3.85. The molecule has 1 aliphatic rings. The van der Waals surface area contributed by atoms with Gasteiger partial charge in [0.15, 0.2) is 11.5 Å². The molecule has 0 bridgehead atoms. The molecule has 3 nitrogen and oxygen atoms in total. The highest BCUT2D eigenvalue weighted by Crippen LogP contribution is 2.38. The summed E-state index contributed by atoms with van der Waals surface area (Å²) < 4.78 is 11.0. The van der Waals surface area contributed by atoms with Gasteiger partial charge >= 0.3 is 0 Å². The lowest BCUT2D eigenvalue weighted by Gasteiger charge is -2.19. The summed E-state index contributed by atoms with van der Waals surface area (Å²) in [6.07, 6.45) is 2.08. The fourth-order valence-corrected chi connectivity index (χ4v) is 2.10. The van der Waals surface area contributed by atoms with Gasteiger partial charge in [-0.1, -0.05) is 23.3 Å². The molecule has 1 heterocycles. The maximum atomic E-state index is 6.16. The summed E-state index contributed by atoms with van der Waals surface area (Å²) in [5.41, 5.74) is 2.27. The molecule has 0 spiro atoms. The minimum Gasteiger partial charge on any atom is -0.486 e. The van der Waals surface area contributed by atoms with E-state index in [1.807, 2.05) is 19.2 Å². The number of benzene rings is 1. The standard InChI is InChI=1S/C13H16ClNO2/c1-9(8-15-2)5-10-6-11(14)13-12(7-10)16-3-4-17-13/h5-7,15H,3-4,8H2,1-2H3. The van der Waals surface area contributed by atoms with Gasteiger partial charge in [-0.3, -0.25) is 0 Å². The Morgan fingerprint density at radius 3 is 2.94 bits per heavy atom. The summed E-state index contributed by atoms with van der Waals surface area (Å²) in [4.78, 5) is 0. The third-order valence-corrected chi connectivity index (χ3v) is 2.77. The monoisotopic (exact) mass is 253 g/mol. The molecule has 1 aliphatic heterocycles. The molecule has 1 aromatic carbocycles. The van der Waals surface area contributed by atoms with Crippen molar-refractivity contribution < 1.29 is 9.47 Å². The van der Waals surface area contributed by atoms with E-state index in [9.17, 15) is 0 Å². The van der Waals surface area contributed by atoms with Crippen LogP contribution in [-0.4, -0.2) is 26.8 Å². The first-order valence-corrected chi connectivity index (χ1v) is 5.99. The van der Waals surface area contributed by atoms with Crippen molar-refractivity contribution in [2.45, 2.75) is 6.92 Å². The minimum absolute atomic E-state index is 0.556. The van der Waals surface area contributed by atoms with Gasteiger partial charge in [-0.2, -0.15) is 0 Å². The average molecular weight is 254 g/mol. The van der Waals surface area contributed by atoms with Crippen LogP contribution >= 0.6 is 11.6 Å². The smallest absolute Gasteiger partial charge is 0.179 e. The average Bonchev–Trinajstić information content (AvgIpc) is 2.29. The second kappa shape index (κ2) is 5.43. The number of ether oxygens (including phenoxy) is 2. The Morgan fingerprint density at radius 1 is 1.41 bits per heavy atom. The van der Waals surface area contributed by atoms with E-state index in [2.05, 4.69) is 18.3 Å². The molecule has 0 unspecified atom stereocenters. The number of fused-ring (bicyclic) bond motifs is 1. The predicted molar refractivity (Wildman–Crippen MR) is 70.0 cm³/mol. The second-order valence-corrected chi connectivity index (χ2v) is 4.46. The van der Waals surface area contributed by atoms with Gasteiger partial charge in [-0.25, -0.2) is 0 Å². The molecule has 92 valence electrons. The quantitative estimate of drug-likeness (QED) is 0.899. The van der Waals surface area contributed by atoms with Crippen molar-refractivity contribution >= 4 is 17.7 Å². The molecule has 0 fully saturated rings. The first-order valence-electron chi connectivity index (χ1n) is 5.61. The molecule has 2 rings (SSSR count). The van der Waals surface area contributed by atoms with Gasteiger partial charge in [-0.05, 0) is 31.7 Å². The molecule has 4 heteroatoms. The first kappa shape index (κ1) is 12.3. The van der Waals surface area contributed by atoms with Crippen molar-refractivity contribution in [3.8, 4) is 11.5 Å². The molecular weight excluding hydrogens is 238 g/mol. The maximum absolute atomic E-state index is 6.16. The van der Waals surface area contributed by atoms with Crippen molar-refractivity contribution in [1.82, 2.24) is 5.32 Å². The molecule has 0 saturated carbocycles. The third kappa shape index (κ3) is 2.93. The summed E-state index contributed by atoms with van der Waals surface area (Å²) in [5.74, 6) is 1.38. The van der Waals surface area contributed by atoms with Gasteiger partial charge in [-0.15, -0.1) is 0 Å². The van der Waals surface area contributed by atoms with Gasteiger partial charge in [0.1, 0.15) is 13.2 Å². The Balaban J connectivity index is 2.31. The van der Waals surface area contributed by atoms with Crippen LogP contribution in [0.5, 0.6) is 11.5 Å². The molecule has 0 atom stereocenters. The Bertz CT molecular complexity index is 443. The van der Waals surface area contributed by atoms with E-state index in [1.165, 1.54) is 5.57 Å². The van der Waals surface area contributed by atoms with Crippen molar-refractivity contribution in [2.75, 3.05) is 26.8 Å². The van der Waals surface area contributed by atoms with E-state index in [-0.39, 0.29) is 0 Å². The van der Waals surface area contributed by atoms with Crippen molar-refractivity contribution in [3.05, 3.63) is 28.3 Å². The summed E-state index contributed by atoms with van der Waals surface area (Å²) in [6.45, 7) is 4.06. The topological polar surface area (TPSA) is 30.5 Å². The van der Waals surface area contributed by atoms with Crippen molar-refractivity contribution in [3.63, 3.8) is 0 Å². The van der Waals surface area contributed by atoms with E-state index >= 15 is 0 Å². The van der Waals surface area contributed by atoms with Crippen LogP contribution in [0.2, 0.25) is 5.02 Å². The Morgan fingerprint density at radius 2 is 2.18 bits per heavy atom. The molecule has 0 aromatic heterocycles. The van der Waals surface area contributed by atoms with Gasteiger partial charge in [0.25, 0.3) is 0 Å². The zero-order chi connectivity index (χ0) is 12.3. The van der Waals surface area contributed by atoms with Gasteiger partial charge in [0, 0.05) is 6.54 Å². The number of likely N-dealkylation sites (N-methyl/N-ethyl adjacent to an activating group) is 1. The summed E-state index contributed by atoms with van der Waals surface area (Å²) in [7, 11) is 1.92. The van der Waals surface area contributed by atoms with E-state index < -0.39 is 0 Å². The van der Waals surface area contributed by atoms with Gasteiger partial charge in [0.2, 0.25) is 0 Å². The lowest BCUT2D eigenvalue weighted by Crippen LogP contribution is -2.15. The number of rotatable bonds is 3. The highest BCUT2D eigenvalue weighted by Gasteiger charge is 2.15. The maximum Gasteiger partial charge on any atom is 0.179 e. The molecule has 1 N–H and O–H groups in total. The fourth-order valence-electron chi connectivity index (χ4n) is 1.83. The molecule has 0 amide bonds. The number of hydrogen-bond acceptors (Lipinski definition) is 3. The van der Waals surface area contributed by atoms with Crippen LogP contribution in [0.3, 0.4) is 0 Å². The lowest BCUT2D eigenvalue weighted by molar-refractivity contribution is 0.171. The van der Waals surface area contributed by atoms with Crippen LogP contribution in [-0.2, 0) is 0 Å². The highest BCUT2D eigenvalue weighted by molar-refractivity contribution is 6.32. The van der Waals surface area contributed by atoms with E-state index in [1.54, 1.807) is 0 Å². The zero-order valence-corrected chi connectivity index (χ0v) is 10.8.